The molecule has 2 amide bonds. The monoisotopic (exact) mass is 426 g/mol. The topological polar surface area (TPSA) is 58.2 Å². The summed E-state index contributed by atoms with van der Waals surface area (Å²) in [5, 5.41) is 7.39. The van der Waals surface area contributed by atoms with Crippen molar-refractivity contribution in [3.05, 3.63) is 61.9 Å². The molecule has 2 aromatic carbocycles. The molecule has 2 N–H and O–H groups in total. The molecule has 1 aromatic heterocycles. The molecule has 0 spiro atoms. The van der Waals surface area contributed by atoms with Crippen LogP contribution in [0.5, 0.6) is 0 Å². The maximum absolute atomic E-state index is 12.5. The first kappa shape index (κ1) is 19.0. The van der Waals surface area contributed by atoms with Gasteiger partial charge in [0, 0.05) is 34.3 Å². The molecule has 0 saturated carbocycles. The van der Waals surface area contributed by atoms with Crippen molar-refractivity contribution in [2.24, 2.45) is 0 Å². The Morgan fingerprint density at radius 1 is 1.08 bits per heavy atom. The molecule has 0 aliphatic heterocycles. The summed E-state index contributed by atoms with van der Waals surface area (Å²) < 4.78 is 0.761. The Labute approximate surface area is 169 Å². The van der Waals surface area contributed by atoms with Gasteiger partial charge in [-0.15, -0.1) is 11.3 Å². The van der Waals surface area contributed by atoms with E-state index in [9.17, 15) is 9.59 Å². The molecule has 0 aliphatic rings. The summed E-state index contributed by atoms with van der Waals surface area (Å²) in [6, 6.07) is 10.5. The maximum Gasteiger partial charge on any atom is 0.263 e. The molecule has 0 radical (unpaired) electrons. The molecule has 3 rings (SSSR count). The largest absolute Gasteiger partial charge is 0.347 e. The van der Waals surface area contributed by atoms with Crippen LogP contribution in [0.15, 0.2) is 36.4 Å². The SMILES string of the molecule is CC(=O)Nc1ccc(CNC(=O)c2sc3cc(Cl)cc(Cl)c3c2Cl)cc1. The van der Waals surface area contributed by atoms with Gasteiger partial charge in [-0.2, -0.15) is 0 Å². The predicted octanol–water partition coefficient (Wildman–Crippen LogP) is 5.75. The third-order valence-corrected chi connectivity index (χ3v) is 5.73. The number of carbonyl (C=O) groups excluding carboxylic acids is 2. The molecule has 0 fully saturated rings. The van der Waals surface area contributed by atoms with Gasteiger partial charge >= 0.3 is 0 Å². The van der Waals surface area contributed by atoms with Crippen LogP contribution in [0.25, 0.3) is 10.1 Å². The second-order valence-corrected chi connectivity index (χ2v) is 7.84. The maximum atomic E-state index is 12.5. The van der Waals surface area contributed by atoms with Crippen molar-refractivity contribution in [2.45, 2.75) is 13.5 Å². The van der Waals surface area contributed by atoms with E-state index >= 15 is 0 Å². The van der Waals surface area contributed by atoms with Crippen molar-refractivity contribution in [3.8, 4) is 0 Å². The molecule has 0 bridgehead atoms. The second-order valence-electron chi connectivity index (χ2n) is 5.57. The average Bonchev–Trinajstić information content (AvgIpc) is 2.90. The number of halogens is 3. The summed E-state index contributed by atoms with van der Waals surface area (Å²) >= 11 is 19.8. The van der Waals surface area contributed by atoms with E-state index in [2.05, 4.69) is 10.6 Å². The quantitative estimate of drug-likeness (QED) is 0.557. The highest BCUT2D eigenvalue weighted by Gasteiger charge is 2.19. The van der Waals surface area contributed by atoms with Gasteiger partial charge in [0.05, 0.1) is 10.0 Å². The van der Waals surface area contributed by atoms with Crippen molar-refractivity contribution in [1.82, 2.24) is 5.32 Å². The zero-order chi connectivity index (χ0) is 18.8. The van der Waals surface area contributed by atoms with Gasteiger partial charge in [0.25, 0.3) is 5.91 Å². The van der Waals surface area contributed by atoms with Crippen LogP contribution in [0.4, 0.5) is 5.69 Å². The van der Waals surface area contributed by atoms with E-state index in [1.54, 1.807) is 24.3 Å². The molecule has 26 heavy (non-hydrogen) atoms. The minimum absolute atomic E-state index is 0.135. The van der Waals surface area contributed by atoms with Gasteiger partial charge in [-0.3, -0.25) is 9.59 Å². The van der Waals surface area contributed by atoms with Crippen molar-refractivity contribution < 1.29 is 9.59 Å². The van der Waals surface area contributed by atoms with Crippen LogP contribution in [0.1, 0.15) is 22.2 Å². The molecular formula is C18H13Cl3N2O2S. The number of rotatable bonds is 4. The minimum Gasteiger partial charge on any atom is -0.347 e. The summed E-state index contributed by atoms with van der Waals surface area (Å²) in [6.45, 7) is 1.78. The van der Waals surface area contributed by atoms with Crippen LogP contribution in [-0.4, -0.2) is 11.8 Å². The summed E-state index contributed by atoms with van der Waals surface area (Å²) in [5.74, 6) is -0.418. The average molecular weight is 428 g/mol. The van der Waals surface area contributed by atoms with Gasteiger partial charge in [-0.05, 0) is 29.8 Å². The first-order valence-corrected chi connectivity index (χ1v) is 9.52. The lowest BCUT2D eigenvalue weighted by Crippen LogP contribution is -2.22. The third-order valence-electron chi connectivity index (χ3n) is 3.58. The number of nitrogens with one attached hydrogen (secondary N) is 2. The third kappa shape index (κ3) is 4.13. The van der Waals surface area contributed by atoms with Crippen LogP contribution < -0.4 is 10.6 Å². The van der Waals surface area contributed by atoms with E-state index in [-0.39, 0.29) is 11.8 Å². The number of amides is 2. The number of anilines is 1. The Morgan fingerprint density at radius 3 is 2.42 bits per heavy atom. The van der Waals surface area contributed by atoms with E-state index in [1.165, 1.54) is 18.3 Å². The van der Waals surface area contributed by atoms with Crippen LogP contribution in [0.3, 0.4) is 0 Å². The smallest absolute Gasteiger partial charge is 0.263 e. The molecule has 3 aromatic rings. The number of hydrogen-bond acceptors (Lipinski definition) is 3. The van der Waals surface area contributed by atoms with E-state index in [0.29, 0.717) is 37.6 Å². The van der Waals surface area contributed by atoms with Gasteiger partial charge in [-0.1, -0.05) is 46.9 Å². The number of fused-ring (bicyclic) bond motifs is 1. The lowest BCUT2D eigenvalue weighted by molar-refractivity contribution is -0.114. The lowest BCUT2D eigenvalue weighted by atomic mass is 10.2. The van der Waals surface area contributed by atoms with Gasteiger partial charge in [0.15, 0.2) is 0 Å². The number of carbonyl (C=O) groups is 2. The van der Waals surface area contributed by atoms with Crippen molar-refractivity contribution >= 4 is 73.7 Å². The molecule has 0 saturated heterocycles. The number of hydrogen-bond donors (Lipinski definition) is 2. The highest BCUT2D eigenvalue weighted by molar-refractivity contribution is 7.21. The normalized spacial score (nSPS) is 10.8. The number of benzene rings is 2. The summed E-state index contributed by atoms with van der Waals surface area (Å²) in [4.78, 5) is 23.9. The van der Waals surface area contributed by atoms with Crippen molar-refractivity contribution in [3.63, 3.8) is 0 Å². The predicted molar refractivity (Wildman–Crippen MR) is 109 cm³/mol. The highest BCUT2D eigenvalue weighted by Crippen LogP contribution is 2.41. The Bertz CT molecular complexity index is 1000. The Morgan fingerprint density at radius 2 is 1.77 bits per heavy atom. The summed E-state index contributed by atoms with van der Waals surface area (Å²) in [7, 11) is 0. The van der Waals surface area contributed by atoms with Crippen molar-refractivity contribution in [1.29, 1.82) is 0 Å². The van der Waals surface area contributed by atoms with Crippen LogP contribution in [0.2, 0.25) is 15.1 Å². The summed E-state index contributed by atoms with van der Waals surface area (Å²) in [6.07, 6.45) is 0. The molecule has 0 atom stereocenters. The Balaban J connectivity index is 1.74. The van der Waals surface area contributed by atoms with E-state index in [4.69, 9.17) is 34.8 Å². The zero-order valence-corrected chi connectivity index (χ0v) is 16.6. The molecule has 4 nitrogen and oxygen atoms in total. The molecule has 0 unspecified atom stereocenters. The van der Waals surface area contributed by atoms with Gasteiger partial charge in [-0.25, -0.2) is 0 Å². The van der Waals surface area contributed by atoms with E-state index in [1.807, 2.05) is 12.1 Å². The van der Waals surface area contributed by atoms with Crippen molar-refractivity contribution in [2.75, 3.05) is 5.32 Å². The van der Waals surface area contributed by atoms with E-state index in [0.717, 1.165) is 10.3 Å². The first-order valence-electron chi connectivity index (χ1n) is 7.57. The Kier molecular flexibility index (Phi) is 5.73. The van der Waals surface area contributed by atoms with Crippen LogP contribution >= 0.6 is 46.1 Å². The molecule has 0 aliphatic carbocycles. The fourth-order valence-corrected chi connectivity index (χ4v) is 4.72. The zero-order valence-electron chi connectivity index (χ0n) is 13.5. The standard InChI is InChI=1S/C18H13Cl3N2O2S/c1-9(24)23-12-4-2-10(3-5-12)8-22-18(25)17-16(21)15-13(20)6-11(19)7-14(15)26-17/h2-7H,8H2,1H3,(H,22,25)(H,23,24). The highest BCUT2D eigenvalue weighted by atomic mass is 35.5. The molecular weight excluding hydrogens is 415 g/mol. The van der Waals surface area contributed by atoms with Gasteiger partial charge in [0.1, 0.15) is 4.88 Å². The second kappa shape index (κ2) is 7.84. The van der Waals surface area contributed by atoms with E-state index < -0.39 is 0 Å². The number of thiophene rings is 1. The Hall–Kier alpha value is -1.79. The molecule has 134 valence electrons. The van der Waals surface area contributed by atoms with Gasteiger partial charge < -0.3 is 10.6 Å². The van der Waals surface area contributed by atoms with Crippen LogP contribution in [-0.2, 0) is 11.3 Å². The molecule has 1 heterocycles. The van der Waals surface area contributed by atoms with Crippen LogP contribution in [0, 0.1) is 0 Å². The fraction of sp³-hybridized carbons (Fsp3) is 0.111. The summed E-state index contributed by atoms with van der Waals surface area (Å²) in [5.41, 5.74) is 1.59. The first-order chi connectivity index (χ1) is 12.3. The fourth-order valence-electron chi connectivity index (χ4n) is 2.43. The molecule has 8 heteroatoms. The minimum atomic E-state index is -0.283. The van der Waals surface area contributed by atoms with Gasteiger partial charge in [0.2, 0.25) is 5.91 Å². The lowest BCUT2D eigenvalue weighted by Gasteiger charge is -2.06.